The molecule has 1 aliphatic carbocycles. The van der Waals surface area contributed by atoms with Crippen molar-refractivity contribution in [3.8, 4) is 0 Å². The lowest BCUT2D eigenvalue weighted by atomic mass is 9.85. The average Bonchev–Trinajstić information content (AvgIpc) is 2.68. The summed E-state index contributed by atoms with van der Waals surface area (Å²) in [6, 6.07) is 5.68. The Balaban J connectivity index is 2.09. The van der Waals surface area contributed by atoms with Gasteiger partial charge in [-0.2, -0.15) is 0 Å². The summed E-state index contributed by atoms with van der Waals surface area (Å²) in [6.07, 6.45) is 2.81. The van der Waals surface area contributed by atoms with E-state index in [0.717, 1.165) is 10.5 Å². The summed E-state index contributed by atoms with van der Waals surface area (Å²) in [5, 5.41) is 2.53. The monoisotopic (exact) mass is 440 g/mol. The predicted molar refractivity (Wildman–Crippen MR) is 105 cm³/mol. The van der Waals surface area contributed by atoms with Gasteiger partial charge in [0.05, 0.1) is 0 Å². The Morgan fingerprint density at radius 3 is 2.30 bits per heavy atom. The Morgan fingerprint density at radius 1 is 1.23 bits per heavy atom. The number of benzene rings is 1. The van der Waals surface area contributed by atoms with Crippen LogP contribution >= 0.6 is 11.6 Å². The maximum absolute atomic E-state index is 14.0. The SMILES string of the molecule is Cc1ccc(N(C(=O)[C@H](F)Cl)[C@@](C)(C(=O)NC2CC(F)(F)C2)c2cncnc2)cc1. The molecule has 1 aromatic carbocycles. The van der Waals surface area contributed by atoms with Gasteiger partial charge in [0.25, 0.3) is 23.4 Å². The minimum absolute atomic E-state index is 0.167. The van der Waals surface area contributed by atoms with Crippen molar-refractivity contribution in [3.05, 3.63) is 54.1 Å². The highest BCUT2D eigenvalue weighted by Crippen LogP contribution is 2.39. The van der Waals surface area contributed by atoms with Crippen LogP contribution in [0.5, 0.6) is 0 Å². The number of amides is 2. The van der Waals surface area contributed by atoms with Gasteiger partial charge in [-0.15, -0.1) is 0 Å². The number of nitrogens with zero attached hydrogens (tertiary/aromatic N) is 3. The highest BCUT2D eigenvalue weighted by atomic mass is 35.5. The van der Waals surface area contributed by atoms with Crippen LogP contribution in [0.1, 0.15) is 30.9 Å². The molecule has 1 aromatic heterocycles. The van der Waals surface area contributed by atoms with Crippen LogP contribution in [-0.2, 0) is 15.1 Å². The van der Waals surface area contributed by atoms with Gasteiger partial charge < -0.3 is 5.32 Å². The molecule has 1 heterocycles. The van der Waals surface area contributed by atoms with Gasteiger partial charge in [0.15, 0.2) is 5.54 Å². The number of hydrogen-bond donors (Lipinski definition) is 1. The lowest BCUT2D eigenvalue weighted by molar-refractivity contribution is -0.137. The number of carbonyl (C=O) groups is 2. The van der Waals surface area contributed by atoms with Crippen LogP contribution in [0, 0.1) is 6.92 Å². The summed E-state index contributed by atoms with van der Waals surface area (Å²) in [4.78, 5) is 34.8. The first kappa shape index (κ1) is 22.0. The van der Waals surface area contributed by atoms with E-state index >= 15 is 0 Å². The molecular formula is C20H20ClF3N4O2. The van der Waals surface area contributed by atoms with Crippen molar-refractivity contribution in [2.24, 2.45) is 0 Å². The molecule has 1 aliphatic rings. The predicted octanol–water partition coefficient (Wildman–Crippen LogP) is 3.48. The van der Waals surface area contributed by atoms with Crippen molar-refractivity contribution < 1.29 is 22.8 Å². The summed E-state index contributed by atoms with van der Waals surface area (Å²) < 4.78 is 40.5. The van der Waals surface area contributed by atoms with E-state index in [1.807, 2.05) is 6.92 Å². The first-order valence-corrected chi connectivity index (χ1v) is 9.61. The molecule has 30 heavy (non-hydrogen) atoms. The zero-order chi connectivity index (χ0) is 22.1. The van der Waals surface area contributed by atoms with E-state index in [4.69, 9.17) is 11.6 Å². The number of aryl methyl sites for hydroxylation is 1. The van der Waals surface area contributed by atoms with Crippen LogP contribution in [0.3, 0.4) is 0 Å². The maximum atomic E-state index is 14.0. The lowest BCUT2D eigenvalue weighted by Gasteiger charge is -2.43. The van der Waals surface area contributed by atoms with Gasteiger partial charge in [0.1, 0.15) is 6.33 Å². The number of hydrogen-bond acceptors (Lipinski definition) is 4. The maximum Gasteiger partial charge on any atom is 0.278 e. The molecule has 0 unspecified atom stereocenters. The number of alkyl halides is 4. The second kappa shape index (κ2) is 8.22. The van der Waals surface area contributed by atoms with Crippen molar-refractivity contribution in [3.63, 3.8) is 0 Å². The third-order valence-corrected chi connectivity index (χ3v) is 5.32. The second-order valence-electron chi connectivity index (χ2n) is 7.44. The van der Waals surface area contributed by atoms with Gasteiger partial charge >= 0.3 is 0 Å². The Kier molecular flexibility index (Phi) is 6.03. The third-order valence-electron chi connectivity index (χ3n) is 5.14. The Hall–Kier alpha value is -2.68. The summed E-state index contributed by atoms with van der Waals surface area (Å²) in [6.45, 7) is 3.19. The van der Waals surface area contributed by atoms with Crippen molar-refractivity contribution in [1.82, 2.24) is 15.3 Å². The van der Waals surface area contributed by atoms with Crippen LogP contribution in [0.2, 0.25) is 0 Å². The molecule has 0 aliphatic heterocycles. The van der Waals surface area contributed by atoms with E-state index in [1.54, 1.807) is 24.3 Å². The van der Waals surface area contributed by atoms with Gasteiger partial charge in [-0.05, 0) is 26.0 Å². The molecule has 0 bridgehead atoms. The smallest absolute Gasteiger partial charge is 0.278 e. The van der Waals surface area contributed by atoms with E-state index in [9.17, 15) is 22.8 Å². The van der Waals surface area contributed by atoms with Gasteiger partial charge in [-0.1, -0.05) is 29.3 Å². The first-order chi connectivity index (χ1) is 14.0. The van der Waals surface area contributed by atoms with E-state index in [0.29, 0.717) is 0 Å². The van der Waals surface area contributed by atoms with Crippen LogP contribution in [0.15, 0.2) is 43.0 Å². The standard InChI is InChI=1S/C20H20ClF3N4O2/c1-12-3-5-15(6-4-12)28(17(29)16(21)22)19(2,13-9-25-11-26-10-13)18(30)27-14-7-20(23,24)8-14/h3-6,9-11,14,16H,7-8H2,1-2H3,(H,27,30)/t16-,19+/m0/s1. The molecule has 6 nitrogen and oxygen atoms in total. The zero-order valence-electron chi connectivity index (χ0n) is 16.3. The molecule has 2 aromatic rings. The largest absolute Gasteiger partial charge is 0.351 e. The second-order valence-corrected chi connectivity index (χ2v) is 7.83. The lowest BCUT2D eigenvalue weighted by Crippen LogP contribution is -2.62. The van der Waals surface area contributed by atoms with E-state index < -0.39 is 47.8 Å². The number of carbonyl (C=O) groups excluding carboxylic acids is 2. The quantitative estimate of drug-likeness (QED) is 0.698. The summed E-state index contributed by atoms with van der Waals surface area (Å²) in [5.74, 6) is -4.80. The van der Waals surface area contributed by atoms with Crippen molar-refractivity contribution in [2.75, 3.05) is 4.90 Å². The fraction of sp³-hybridized carbons (Fsp3) is 0.400. The number of rotatable bonds is 6. The average molecular weight is 441 g/mol. The summed E-state index contributed by atoms with van der Waals surface area (Å²) in [5.41, 5.74) is -3.04. The Morgan fingerprint density at radius 2 is 1.80 bits per heavy atom. The number of aromatic nitrogens is 2. The number of anilines is 1. The minimum Gasteiger partial charge on any atom is -0.351 e. The Labute approximate surface area is 176 Å². The molecule has 1 saturated carbocycles. The van der Waals surface area contributed by atoms with Crippen molar-refractivity contribution in [1.29, 1.82) is 0 Å². The molecule has 0 spiro atoms. The number of halogens is 4. The van der Waals surface area contributed by atoms with Crippen LogP contribution in [0.4, 0.5) is 18.9 Å². The fourth-order valence-corrected chi connectivity index (χ4v) is 3.50. The summed E-state index contributed by atoms with van der Waals surface area (Å²) >= 11 is 5.46. The topological polar surface area (TPSA) is 75.2 Å². The van der Waals surface area contributed by atoms with Crippen LogP contribution in [0.25, 0.3) is 0 Å². The molecule has 2 atom stereocenters. The van der Waals surface area contributed by atoms with Crippen LogP contribution in [-0.4, -0.2) is 39.4 Å². The molecular weight excluding hydrogens is 421 g/mol. The molecule has 0 saturated heterocycles. The van der Waals surface area contributed by atoms with E-state index in [2.05, 4.69) is 15.3 Å². The minimum atomic E-state index is -2.85. The van der Waals surface area contributed by atoms with Gasteiger partial charge in [0.2, 0.25) is 0 Å². The fourth-order valence-electron chi connectivity index (χ4n) is 3.40. The molecule has 1 N–H and O–H groups in total. The molecule has 0 radical (unpaired) electrons. The molecule has 2 amide bonds. The van der Waals surface area contributed by atoms with Crippen LogP contribution < -0.4 is 10.2 Å². The third kappa shape index (κ3) is 4.26. The molecule has 3 rings (SSSR count). The molecule has 10 heteroatoms. The Bertz CT molecular complexity index is 919. The highest BCUT2D eigenvalue weighted by molar-refractivity contribution is 6.32. The van der Waals surface area contributed by atoms with Gasteiger partial charge in [0, 0.05) is 42.5 Å². The molecule has 160 valence electrons. The van der Waals surface area contributed by atoms with Gasteiger partial charge in [-0.25, -0.2) is 23.1 Å². The molecule has 1 fully saturated rings. The van der Waals surface area contributed by atoms with E-state index in [1.165, 1.54) is 25.6 Å². The zero-order valence-corrected chi connectivity index (χ0v) is 17.0. The first-order valence-electron chi connectivity index (χ1n) is 9.18. The number of nitrogens with one attached hydrogen (secondary N) is 1. The highest BCUT2D eigenvalue weighted by Gasteiger charge is 2.51. The van der Waals surface area contributed by atoms with Crippen molar-refractivity contribution in [2.45, 2.75) is 49.8 Å². The normalized spacial score (nSPS) is 18.6. The van der Waals surface area contributed by atoms with Gasteiger partial charge in [-0.3, -0.25) is 14.5 Å². The van der Waals surface area contributed by atoms with Crippen molar-refractivity contribution >= 4 is 29.1 Å². The van der Waals surface area contributed by atoms with E-state index in [-0.39, 0.29) is 11.3 Å². The summed E-state index contributed by atoms with van der Waals surface area (Å²) in [7, 11) is 0.